The first-order valence-corrected chi connectivity index (χ1v) is 8.83. The van der Waals surface area contributed by atoms with Gasteiger partial charge < -0.3 is 15.1 Å². The number of nitrogens with one attached hydrogen (secondary N) is 1. The molecule has 2 heterocycles. The van der Waals surface area contributed by atoms with Crippen LogP contribution in [0.25, 0.3) is 11.1 Å². The molecule has 1 N–H and O–H groups in total. The van der Waals surface area contributed by atoms with E-state index in [0.717, 1.165) is 19.8 Å². The molecule has 2 aliphatic rings. The predicted molar refractivity (Wildman–Crippen MR) is 101 cm³/mol. The van der Waals surface area contributed by atoms with Gasteiger partial charge in [-0.3, -0.25) is 0 Å². The van der Waals surface area contributed by atoms with Crippen molar-refractivity contribution in [1.29, 1.82) is 0 Å². The number of rotatable bonds is 3. The number of nitrogens with zero attached hydrogens (tertiary/aromatic N) is 2. The summed E-state index contributed by atoms with van der Waals surface area (Å²) in [6.45, 7) is 5.57. The van der Waals surface area contributed by atoms with Crippen LogP contribution in [0.1, 0.15) is 19.8 Å². The van der Waals surface area contributed by atoms with Gasteiger partial charge in [-0.1, -0.05) is 42.5 Å². The lowest BCUT2D eigenvalue weighted by atomic mass is 9.89. The van der Waals surface area contributed by atoms with Crippen molar-refractivity contribution in [3.05, 3.63) is 67.0 Å². The quantitative estimate of drug-likeness (QED) is 0.921. The molecule has 3 heteroatoms. The predicted octanol–water partition coefficient (Wildman–Crippen LogP) is 4.05. The summed E-state index contributed by atoms with van der Waals surface area (Å²) in [4.78, 5) is 4.83. The van der Waals surface area contributed by atoms with Gasteiger partial charge in [-0.25, -0.2) is 0 Å². The molecule has 1 fully saturated rings. The Hall–Kier alpha value is -2.26. The summed E-state index contributed by atoms with van der Waals surface area (Å²) in [5.41, 5.74) is 4.07. The van der Waals surface area contributed by atoms with E-state index in [9.17, 15) is 0 Å². The van der Waals surface area contributed by atoms with E-state index in [1.165, 1.54) is 29.7 Å². The zero-order valence-corrected chi connectivity index (χ0v) is 14.3. The number of anilines is 1. The van der Waals surface area contributed by atoms with Crippen LogP contribution in [0.5, 0.6) is 0 Å². The molecule has 2 aromatic carbocycles. The highest BCUT2D eigenvalue weighted by atomic mass is 15.4. The second-order valence-electron chi connectivity index (χ2n) is 7.04. The monoisotopic (exact) mass is 319 g/mol. The minimum Gasteiger partial charge on any atom is -0.353 e. The molecule has 0 aliphatic carbocycles. The van der Waals surface area contributed by atoms with Crippen molar-refractivity contribution >= 4 is 5.69 Å². The van der Waals surface area contributed by atoms with Crippen LogP contribution in [-0.4, -0.2) is 30.2 Å². The highest BCUT2D eigenvalue weighted by Gasteiger charge is 2.34. The molecule has 0 amide bonds. The first kappa shape index (κ1) is 15.3. The molecule has 0 unspecified atom stereocenters. The van der Waals surface area contributed by atoms with E-state index in [2.05, 4.69) is 89.0 Å². The third kappa shape index (κ3) is 2.92. The third-order valence-electron chi connectivity index (χ3n) is 5.41. The average molecular weight is 319 g/mol. The molecule has 4 rings (SSSR count). The van der Waals surface area contributed by atoms with Crippen LogP contribution >= 0.6 is 0 Å². The molecule has 0 spiro atoms. The summed E-state index contributed by atoms with van der Waals surface area (Å²) >= 11 is 0. The molecule has 2 aromatic rings. The van der Waals surface area contributed by atoms with E-state index in [4.69, 9.17) is 0 Å². The van der Waals surface area contributed by atoms with E-state index in [1.807, 2.05) is 0 Å². The second kappa shape index (κ2) is 6.33. The molecular weight excluding hydrogens is 294 g/mol. The van der Waals surface area contributed by atoms with Gasteiger partial charge in [0.2, 0.25) is 0 Å². The maximum Gasteiger partial charge on any atom is 0.0947 e. The van der Waals surface area contributed by atoms with Crippen molar-refractivity contribution in [2.24, 2.45) is 0 Å². The van der Waals surface area contributed by atoms with Gasteiger partial charge in [0.05, 0.1) is 6.67 Å². The largest absolute Gasteiger partial charge is 0.353 e. The van der Waals surface area contributed by atoms with Crippen molar-refractivity contribution in [2.75, 3.05) is 24.7 Å². The summed E-state index contributed by atoms with van der Waals surface area (Å²) in [6, 6.07) is 19.4. The smallest absolute Gasteiger partial charge is 0.0947 e. The van der Waals surface area contributed by atoms with Gasteiger partial charge in [-0.15, -0.1) is 0 Å². The molecule has 0 bridgehead atoms. The van der Waals surface area contributed by atoms with Crippen LogP contribution in [0.4, 0.5) is 5.69 Å². The van der Waals surface area contributed by atoms with E-state index >= 15 is 0 Å². The number of piperidine rings is 1. The van der Waals surface area contributed by atoms with Crippen molar-refractivity contribution < 1.29 is 0 Å². The van der Waals surface area contributed by atoms with Crippen LogP contribution in [0.2, 0.25) is 0 Å². The van der Waals surface area contributed by atoms with Gasteiger partial charge in [-0.05, 0) is 56.1 Å². The SMILES string of the molecule is CC1(N2C=CN(c3ccc(-c4ccccc4)cc3)C2)CCNCC1. The normalized spacial score (nSPS) is 19.7. The lowest BCUT2D eigenvalue weighted by Crippen LogP contribution is -2.51. The number of benzene rings is 2. The summed E-state index contributed by atoms with van der Waals surface area (Å²) in [5, 5.41) is 3.46. The van der Waals surface area contributed by atoms with Crippen LogP contribution in [0.3, 0.4) is 0 Å². The standard InChI is InChI=1S/C21H25N3/c1-21(11-13-22-14-12-21)24-16-15-23(17-24)20-9-7-19(8-10-20)18-5-3-2-4-6-18/h2-10,15-16,22H,11-14,17H2,1H3. The molecule has 0 atom stereocenters. The Labute approximate surface area is 144 Å². The van der Waals surface area contributed by atoms with Crippen LogP contribution in [-0.2, 0) is 0 Å². The molecule has 1 saturated heterocycles. The van der Waals surface area contributed by atoms with Crippen molar-refractivity contribution in [3.8, 4) is 11.1 Å². The summed E-state index contributed by atoms with van der Waals surface area (Å²) in [7, 11) is 0. The Balaban J connectivity index is 1.47. The fourth-order valence-corrected chi connectivity index (χ4v) is 3.67. The lowest BCUT2D eigenvalue weighted by Gasteiger charge is -2.42. The van der Waals surface area contributed by atoms with Gasteiger partial charge in [0.15, 0.2) is 0 Å². The Kier molecular flexibility index (Phi) is 4.03. The number of hydrogen-bond donors (Lipinski definition) is 1. The van der Waals surface area contributed by atoms with E-state index in [1.54, 1.807) is 0 Å². The van der Waals surface area contributed by atoms with Crippen molar-refractivity contribution in [1.82, 2.24) is 10.2 Å². The third-order valence-corrected chi connectivity index (χ3v) is 5.41. The Morgan fingerprint density at radius 2 is 1.50 bits per heavy atom. The molecule has 2 aliphatic heterocycles. The van der Waals surface area contributed by atoms with Crippen LogP contribution in [0, 0.1) is 0 Å². The lowest BCUT2D eigenvalue weighted by molar-refractivity contribution is 0.133. The summed E-state index contributed by atoms with van der Waals surface area (Å²) < 4.78 is 0. The molecule has 0 saturated carbocycles. The van der Waals surface area contributed by atoms with Crippen LogP contribution in [0.15, 0.2) is 67.0 Å². The average Bonchev–Trinajstić information content (AvgIpc) is 3.14. The van der Waals surface area contributed by atoms with Gasteiger partial charge >= 0.3 is 0 Å². The second-order valence-corrected chi connectivity index (χ2v) is 7.04. The van der Waals surface area contributed by atoms with Crippen LogP contribution < -0.4 is 10.2 Å². The summed E-state index contributed by atoms with van der Waals surface area (Å²) in [5.74, 6) is 0. The van der Waals surface area contributed by atoms with E-state index in [0.29, 0.717) is 0 Å². The van der Waals surface area contributed by atoms with E-state index < -0.39 is 0 Å². The fraction of sp³-hybridized carbons (Fsp3) is 0.333. The van der Waals surface area contributed by atoms with Gasteiger partial charge in [-0.2, -0.15) is 0 Å². The van der Waals surface area contributed by atoms with Crippen molar-refractivity contribution in [2.45, 2.75) is 25.3 Å². The Morgan fingerprint density at radius 3 is 2.21 bits per heavy atom. The fourth-order valence-electron chi connectivity index (χ4n) is 3.67. The summed E-state index contributed by atoms with van der Waals surface area (Å²) in [6.07, 6.45) is 6.89. The van der Waals surface area contributed by atoms with E-state index in [-0.39, 0.29) is 5.54 Å². The molecular formula is C21H25N3. The van der Waals surface area contributed by atoms with Gasteiger partial charge in [0.1, 0.15) is 0 Å². The minimum atomic E-state index is 0.278. The maximum absolute atomic E-state index is 3.46. The molecule has 0 radical (unpaired) electrons. The Morgan fingerprint density at radius 1 is 0.833 bits per heavy atom. The minimum absolute atomic E-state index is 0.278. The highest BCUT2D eigenvalue weighted by molar-refractivity contribution is 5.66. The zero-order valence-electron chi connectivity index (χ0n) is 14.3. The highest BCUT2D eigenvalue weighted by Crippen LogP contribution is 2.31. The first-order valence-electron chi connectivity index (χ1n) is 8.83. The van der Waals surface area contributed by atoms with Gasteiger partial charge in [0, 0.05) is 23.6 Å². The number of hydrogen-bond acceptors (Lipinski definition) is 3. The Bertz CT molecular complexity index is 700. The topological polar surface area (TPSA) is 18.5 Å². The molecule has 124 valence electrons. The maximum atomic E-state index is 3.46. The first-order chi connectivity index (χ1) is 11.7. The molecule has 0 aromatic heterocycles. The zero-order chi connectivity index (χ0) is 16.4. The molecule has 3 nitrogen and oxygen atoms in total. The molecule has 24 heavy (non-hydrogen) atoms. The van der Waals surface area contributed by atoms with Crippen molar-refractivity contribution in [3.63, 3.8) is 0 Å². The van der Waals surface area contributed by atoms with Gasteiger partial charge in [0.25, 0.3) is 0 Å².